The molecule has 4 heteroatoms. The monoisotopic (exact) mass is 221 g/mol. The fraction of sp³-hybridized carbons (Fsp3) is 0.182. The minimum Gasteiger partial charge on any atom is -0.325 e. The van der Waals surface area contributed by atoms with Crippen LogP contribution in [0.5, 0.6) is 0 Å². The van der Waals surface area contributed by atoms with Crippen molar-refractivity contribution in [3.8, 4) is 5.69 Å². The summed E-state index contributed by atoms with van der Waals surface area (Å²) in [5.41, 5.74) is 7.43. The van der Waals surface area contributed by atoms with E-state index in [0.29, 0.717) is 6.54 Å². The SMILES string of the molecule is Cc1nc(CN)cn1-c1cccc(Cl)c1. The molecule has 0 aliphatic heterocycles. The van der Waals surface area contributed by atoms with Crippen LogP contribution >= 0.6 is 11.6 Å². The van der Waals surface area contributed by atoms with Gasteiger partial charge < -0.3 is 10.3 Å². The van der Waals surface area contributed by atoms with Crippen LogP contribution in [0.25, 0.3) is 5.69 Å². The molecular weight excluding hydrogens is 210 g/mol. The molecule has 0 saturated carbocycles. The maximum atomic E-state index is 5.93. The molecule has 0 atom stereocenters. The molecule has 3 nitrogen and oxygen atoms in total. The van der Waals surface area contributed by atoms with Crippen molar-refractivity contribution in [3.63, 3.8) is 0 Å². The van der Waals surface area contributed by atoms with Gasteiger partial charge in [0.25, 0.3) is 0 Å². The third-order valence-corrected chi connectivity index (χ3v) is 2.46. The highest BCUT2D eigenvalue weighted by molar-refractivity contribution is 6.30. The standard InChI is InChI=1S/C11H12ClN3/c1-8-14-10(6-13)7-15(8)11-4-2-3-9(12)5-11/h2-5,7H,6,13H2,1H3. The van der Waals surface area contributed by atoms with Crippen LogP contribution < -0.4 is 5.73 Å². The van der Waals surface area contributed by atoms with Gasteiger partial charge in [0.15, 0.2) is 0 Å². The van der Waals surface area contributed by atoms with Gasteiger partial charge in [-0.2, -0.15) is 0 Å². The summed E-state index contributed by atoms with van der Waals surface area (Å²) < 4.78 is 1.98. The number of rotatable bonds is 2. The van der Waals surface area contributed by atoms with Gasteiger partial charge in [-0.3, -0.25) is 0 Å². The molecule has 0 fully saturated rings. The van der Waals surface area contributed by atoms with Gasteiger partial charge in [0.2, 0.25) is 0 Å². The lowest BCUT2D eigenvalue weighted by Gasteiger charge is -2.04. The van der Waals surface area contributed by atoms with Crippen molar-refractivity contribution in [3.05, 3.63) is 47.0 Å². The lowest BCUT2D eigenvalue weighted by Crippen LogP contribution is -1.95. The van der Waals surface area contributed by atoms with E-state index in [4.69, 9.17) is 17.3 Å². The Morgan fingerprint density at radius 2 is 2.27 bits per heavy atom. The van der Waals surface area contributed by atoms with E-state index in [-0.39, 0.29) is 0 Å². The maximum Gasteiger partial charge on any atom is 0.110 e. The van der Waals surface area contributed by atoms with Crippen molar-refractivity contribution in [2.45, 2.75) is 13.5 Å². The highest BCUT2D eigenvalue weighted by atomic mass is 35.5. The van der Waals surface area contributed by atoms with E-state index >= 15 is 0 Å². The highest BCUT2D eigenvalue weighted by Crippen LogP contribution is 2.16. The molecule has 0 aliphatic rings. The molecule has 0 unspecified atom stereocenters. The van der Waals surface area contributed by atoms with Gasteiger partial charge in [-0.25, -0.2) is 4.98 Å². The summed E-state index contributed by atoms with van der Waals surface area (Å²) in [4.78, 5) is 4.33. The van der Waals surface area contributed by atoms with E-state index in [0.717, 1.165) is 22.2 Å². The zero-order valence-corrected chi connectivity index (χ0v) is 9.20. The third kappa shape index (κ3) is 2.03. The average molecular weight is 222 g/mol. The average Bonchev–Trinajstić information content (AvgIpc) is 2.60. The molecule has 1 aromatic heterocycles. The van der Waals surface area contributed by atoms with Crippen molar-refractivity contribution in [1.82, 2.24) is 9.55 Å². The molecule has 2 aromatic rings. The topological polar surface area (TPSA) is 43.8 Å². The molecular formula is C11H12ClN3. The van der Waals surface area contributed by atoms with Gasteiger partial charge in [0.05, 0.1) is 5.69 Å². The molecule has 1 aromatic carbocycles. The summed E-state index contributed by atoms with van der Waals surface area (Å²) >= 11 is 5.93. The van der Waals surface area contributed by atoms with Crippen LogP contribution in [0.4, 0.5) is 0 Å². The first-order chi connectivity index (χ1) is 7.20. The molecule has 0 radical (unpaired) electrons. The summed E-state index contributed by atoms with van der Waals surface area (Å²) in [7, 11) is 0. The summed E-state index contributed by atoms with van der Waals surface area (Å²) in [5, 5.41) is 0.717. The van der Waals surface area contributed by atoms with Crippen LogP contribution in [0.3, 0.4) is 0 Å². The number of nitrogens with two attached hydrogens (primary N) is 1. The second kappa shape index (κ2) is 4.04. The molecule has 0 aliphatic carbocycles. The van der Waals surface area contributed by atoms with Gasteiger partial charge >= 0.3 is 0 Å². The van der Waals surface area contributed by atoms with E-state index in [1.807, 2.05) is 42.0 Å². The van der Waals surface area contributed by atoms with Crippen molar-refractivity contribution in [1.29, 1.82) is 0 Å². The Bertz CT molecular complexity index is 476. The number of benzene rings is 1. The first kappa shape index (κ1) is 10.2. The second-order valence-corrected chi connectivity index (χ2v) is 3.77. The molecule has 2 rings (SSSR count). The van der Waals surface area contributed by atoms with E-state index in [9.17, 15) is 0 Å². The fourth-order valence-electron chi connectivity index (χ4n) is 1.52. The Morgan fingerprint density at radius 1 is 1.47 bits per heavy atom. The van der Waals surface area contributed by atoms with Crippen LogP contribution in [-0.2, 0) is 6.54 Å². The van der Waals surface area contributed by atoms with Crippen LogP contribution in [0, 0.1) is 6.92 Å². The smallest absolute Gasteiger partial charge is 0.110 e. The van der Waals surface area contributed by atoms with Crippen molar-refractivity contribution < 1.29 is 0 Å². The van der Waals surface area contributed by atoms with E-state index in [1.54, 1.807) is 0 Å². The van der Waals surface area contributed by atoms with Gasteiger partial charge in [-0.15, -0.1) is 0 Å². The molecule has 0 spiro atoms. The summed E-state index contributed by atoms with van der Waals surface area (Å²) in [6, 6.07) is 7.65. The van der Waals surface area contributed by atoms with Crippen LogP contribution in [0.15, 0.2) is 30.5 Å². The van der Waals surface area contributed by atoms with Gasteiger partial charge in [-0.05, 0) is 25.1 Å². The van der Waals surface area contributed by atoms with Crippen LogP contribution in [0.2, 0.25) is 5.02 Å². The second-order valence-electron chi connectivity index (χ2n) is 3.33. The van der Waals surface area contributed by atoms with E-state index in [1.165, 1.54) is 0 Å². The molecule has 0 amide bonds. The Balaban J connectivity index is 2.48. The fourth-order valence-corrected chi connectivity index (χ4v) is 1.70. The Kier molecular flexibility index (Phi) is 2.75. The van der Waals surface area contributed by atoms with E-state index in [2.05, 4.69) is 4.98 Å². The first-order valence-corrected chi connectivity index (χ1v) is 5.09. The molecule has 2 N–H and O–H groups in total. The molecule has 0 saturated heterocycles. The number of aromatic nitrogens is 2. The van der Waals surface area contributed by atoms with Crippen molar-refractivity contribution in [2.24, 2.45) is 5.73 Å². The number of aryl methyl sites for hydroxylation is 1. The minimum atomic E-state index is 0.453. The predicted octanol–water partition coefficient (Wildman–Crippen LogP) is 2.29. The quantitative estimate of drug-likeness (QED) is 0.846. The molecule has 78 valence electrons. The zero-order valence-electron chi connectivity index (χ0n) is 8.44. The number of halogens is 1. The number of imidazole rings is 1. The number of hydrogen-bond acceptors (Lipinski definition) is 2. The summed E-state index contributed by atoms with van der Waals surface area (Å²) in [6.07, 6.45) is 1.93. The molecule has 0 bridgehead atoms. The predicted molar refractivity (Wildman–Crippen MR) is 61.2 cm³/mol. The minimum absolute atomic E-state index is 0.453. The number of nitrogens with zero attached hydrogens (tertiary/aromatic N) is 2. The van der Waals surface area contributed by atoms with Gasteiger partial charge in [0, 0.05) is 23.5 Å². The van der Waals surface area contributed by atoms with Gasteiger partial charge in [-0.1, -0.05) is 17.7 Å². The van der Waals surface area contributed by atoms with Gasteiger partial charge in [0.1, 0.15) is 5.82 Å². The molecule has 1 heterocycles. The zero-order chi connectivity index (χ0) is 10.8. The third-order valence-electron chi connectivity index (χ3n) is 2.23. The first-order valence-electron chi connectivity index (χ1n) is 4.71. The van der Waals surface area contributed by atoms with E-state index < -0.39 is 0 Å². The summed E-state index contributed by atoms with van der Waals surface area (Å²) in [5.74, 6) is 0.915. The largest absolute Gasteiger partial charge is 0.325 e. The summed E-state index contributed by atoms with van der Waals surface area (Å²) in [6.45, 7) is 2.40. The lowest BCUT2D eigenvalue weighted by molar-refractivity contribution is 0.969. The lowest BCUT2D eigenvalue weighted by atomic mass is 10.3. The Labute approximate surface area is 93.5 Å². The van der Waals surface area contributed by atoms with Crippen molar-refractivity contribution in [2.75, 3.05) is 0 Å². The van der Waals surface area contributed by atoms with Crippen LogP contribution in [-0.4, -0.2) is 9.55 Å². The number of hydrogen-bond donors (Lipinski definition) is 1. The highest BCUT2D eigenvalue weighted by Gasteiger charge is 2.04. The van der Waals surface area contributed by atoms with Crippen molar-refractivity contribution >= 4 is 11.6 Å². The normalized spacial score (nSPS) is 10.6. The maximum absolute atomic E-state index is 5.93. The molecule has 15 heavy (non-hydrogen) atoms. The Hall–Kier alpha value is -1.32. The Morgan fingerprint density at radius 3 is 2.87 bits per heavy atom. The van der Waals surface area contributed by atoms with Crippen LogP contribution in [0.1, 0.15) is 11.5 Å².